The Kier molecular flexibility index (Phi) is 6.51. The maximum atomic E-state index is 13.3. The zero-order valence-corrected chi connectivity index (χ0v) is 19.5. The smallest absolute Gasteiger partial charge is 0.253 e. The summed E-state index contributed by atoms with van der Waals surface area (Å²) < 4.78 is 1.83. The fraction of sp³-hybridized carbons (Fsp3) is 0.333. The highest BCUT2D eigenvalue weighted by molar-refractivity contribution is 5.95. The van der Waals surface area contributed by atoms with Gasteiger partial charge in [0.1, 0.15) is 0 Å². The van der Waals surface area contributed by atoms with Crippen LogP contribution in [0.1, 0.15) is 46.4 Å². The third-order valence-corrected chi connectivity index (χ3v) is 6.63. The normalized spacial score (nSPS) is 16.4. The Balaban J connectivity index is 1.21. The molecule has 1 aliphatic heterocycles. The summed E-state index contributed by atoms with van der Waals surface area (Å²) in [4.78, 5) is 23.8. The molecular formula is C27H30N6O. The van der Waals surface area contributed by atoms with Crippen molar-refractivity contribution in [3.63, 3.8) is 0 Å². The molecule has 34 heavy (non-hydrogen) atoms. The molecule has 3 aromatic heterocycles. The topological polar surface area (TPSA) is 75.4 Å². The Morgan fingerprint density at radius 2 is 2.06 bits per heavy atom. The predicted octanol–water partition coefficient (Wildman–Crippen LogP) is 4.53. The Hall–Kier alpha value is -3.74. The van der Waals surface area contributed by atoms with Crippen LogP contribution >= 0.6 is 0 Å². The maximum absolute atomic E-state index is 13.3. The molecule has 0 spiro atoms. The highest BCUT2D eigenvalue weighted by atomic mass is 16.2. The second kappa shape index (κ2) is 10.0. The molecule has 5 rings (SSSR count). The van der Waals surface area contributed by atoms with Crippen LogP contribution in [0.5, 0.6) is 0 Å². The zero-order chi connectivity index (χ0) is 23.3. The zero-order valence-electron chi connectivity index (χ0n) is 19.5. The minimum Gasteiger partial charge on any atom is -0.381 e. The number of pyridine rings is 1. The van der Waals surface area contributed by atoms with Crippen LogP contribution in [-0.2, 0) is 13.0 Å². The minimum atomic E-state index is 0.114. The van der Waals surface area contributed by atoms with E-state index in [0.29, 0.717) is 12.5 Å². The van der Waals surface area contributed by atoms with E-state index >= 15 is 0 Å². The number of hydrogen-bond acceptors (Lipinski definition) is 5. The summed E-state index contributed by atoms with van der Waals surface area (Å²) in [5.41, 5.74) is 5.91. The first-order chi connectivity index (χ1) is 16.7. The first kappa shape index (κ1) is 22.1. The van der Waals surface area contributed by atoms with Gasteiger partial charge in [-0.1, -0.05) is 12.1 Å². The SMILES string of the molecule is Cc1ccc(C(=O)N2CCC[C@H](Cc3ccc4nccn4n3)CC2)cc1NCc1cccnc1. The second-order valence-corrected chi connectivity index (χ2v) is 9.09. The van der Waals surface area contributed by atoms with Crippen LogP contribution in [0.3, 0.4) is 0 Å². The van der Waals surface area contributed by atoms with Gasteiger partial charge in [0, 0.05) is 55.7 Å². The maximum Gasteiger partial charge on any atom is 0.253 e. The molecule has 0 unspecified atom stereocenters. The lowest BCUT2D eigenvalue weighted by atomic mass is 9.95. The Labute approximate surface area is 199 Å². The largest absolute Gasteiger partial charge is 0.381 e. The number of nitrogens with one attached hydrogen (secondary N) is 1. The molecule has 0 bridgehead atoms. The molecule has 1 N–H and O–H groups in total. The van der Waals surface area contributed by atoms with Crippen molar-refractivity contribution in [2.24, 2.45) is 5.92 Å². The van der Waals surface area contributed by atoms with Crippen molar-refractivity contribution in [2.75, 3.05) is 18.4 Å². The van der Waals surface area contributed by atoms with Gasteiger partial charge >= 0.3 is 0 Å². The van der Waals surface area contributed by atoms with Crippen molar-refractivity contribution in [3.05, 3.63) is 89.6 Å². The lowest BCUT2D eigenvalue weighted by molar-refractivity contribution is 0.0760. The molecule has 0 radical (unpaired) electrons. The van der Waals surface area contributed by atoms with E-state index in [1.807, 2.05) is 58.2 Å². The number of anilines is 1. The van der Waals surface area contributed by atoms with Crippen molar-refractivity contribution in [1.82, 2.24) is 24.5 Å². The van der Waals surface area contributed by atoms with E-state index in [9.17, 15) is 4.79 Å². The number of amides is 1. The molecule has 1 fully saturated rings. The molecule has 1 amide bonds. The molecule has 7 heteroatoms. The van der Waals surface area contributed by atoms with Crippen molar-refractivity contribution in [3.8, 4) is 0 Å². The van der Waals surface area contributed by atoms with Gasteiger partial charge in [-0.05, 0) is 80.0 Å². The number of imidazole rings is 1. The molecule has 1 aliphatic rings. The van der Waals surface area contributed by atoms with Crippen molar-refractivity contribution in [2.45, 2.75) is 39.2 Å². The fourth-order valence-electron chi connectivity index (χ4n) is 4.66. The molecule has 0 saturated carbocycles. The van der Waals surface area contributed by atoms with E-state index in [1.54, 1.807) is 12.4 Å². The molecule has 174 valence electrons. The van der Waals surface area contributed by atoms with Gasteiger partial charge in [-0.2, -0.15) is 5.10 Å². The molecule has 1 atom stereocenters. The number of carbonyl (C=O) groups is 1. The lowest BCUT2D eigenvalue weighted by Gasteiger charge is -2.21. The van der Waals surface area contributed by atoms with E-state index in [2.05, 4.69) is 33.4 Å². The molecule has 7 nitrogen and oxygen atoms in total. The molecule has 0 aliphatic carbocycles. The number of likely N-dealkylation sites (tertiary alicyclic amines) is 1. The van der Waals surface area contributed by atoms with Crippen LogP contribution in [0.4, 0.5) is 5.69 Å². The first-order valence-electron chi connectivity index (χ1n) is 12.0. The Morgan fingerprint density at radius 3 is 2.94 bits per heavy atom. The molecule has 1 saturated heterocycles. The van der Waals surface area contributed by atoms with E-state index in [-0.39, 0.29) is 5.91 Å². The van der Waals surface area contributed by atoms with Crippen molar-refractivity contribution >= 4 is 17.2 Å². The van der Waals surface area contributed by atoms with Gasteiger partial charge in [-0.25, -0.2) is 9.50 Å². The van der Waals surface area contributed by atoms with Crippen LogP contribution in [-0.4, -0.2) is 43.5 Å². The Bertz CT molecular complexity index is 1270. The highest BCUT2D eigenvalue weighted by Gasteiger charge is 2.22. The van der Waals surface area contributed by atoms with E-state index in [0.717, 1.165) is 72.5 Å². The first-order valence-corrected chi connectivity index (χ1v) is 12.0. The van der Waals surface area contributed by atoms with E-state index < -0.39 is 0 Å². The summed E-state index contributed by atoms with van der Waals surface area (Å²) in [7, 11) is 0. The molecule has 1 aromatic carbocycles. The average molecular weight is 455 g/mol. The summed E-state index contributed by atoms with van der Waals surface area (Å²) in [6, 6.07) is 14.0. The van der Waals surface area contributed by atoms with Crippen molar-refractivity contribution < 1.29 is 4.79 Å². The number of hydrogen-bond donors (Lipinski definition) is 1. The quantitative estimate of drug-likeness (QED) is 0.463. The minimum absolute atomic E-state index is 0.114. The highest BCUT2D eigenvalue weighted by Crippen LogP contribution is 2.24. The van der Waals surface area contributed by atoms with Crippen LogP contribution in [0.2, 0.25) is 0 Å². The number of carbonyl (C=O) groups excluding carboxylic acids is 1. The summed E-state index contributed by atoms with van der Waals surface area (Å²) >= 11 is 0. The number of benzene rings is 1. The van der Waals surface area contributed by atoms with E-state index in [1.165, 1.54) is 0 Å². The standard InChI is InChI=1S/C27H30N6O/c1-20-6-7-23(17-25(20)30-19-22-4-2-11-28-18-22)27(34)32-13-3-5-21(10-14-32)16-24-8-9-26-29-12-15-33(26)31-24/h2,4,6-9,11-12,15,17-18,21,30H,3,5,10,13-14,16,19H2,1H3/t21-/m0/s1. The fourth-order valence-corrected chi connectivity index (χ4v) is 4.66. The second-order valence-electron chi connectivity index (χ2n) is 9.09. The predicted molar refractivity (Wildman–Crippen MR) is 133 cm³/mol. The van der Waals surface area contributed by atoms with Gasteiger partial charge < -0.3 is 10.2 Å². The van der Waals surface area contributed by atoms with E-state index in [4.69, 9.17) is 0 Å². The van der Waals surface area contributed by atoms with Crippen molar-refractivity contribution in [1.29, 1.82) is 0 Å². The van der Waals surface area contributed by atoms with Gasteiger partial charge in [0.15, 0.2) is 5.65 Å². The van der Waals surface area contributed by atoms with Gasteiger partial charge in [0.2, 0.25) is 0 Å². The third kappa shape index (κ3) is 5.09. The number of fused-ring (bicyclic) bond motifs is 1. The molecule has 4 heterocycles. The number of nitrogens with zero attached hydrogens (tertiary/aromatic N) is 5. The Morgan fingerprint density at radius 1 is 1.12 bits per heavy atom. The lowest BCUT2D eigenvalue weighted by Crippen LogP contribution is -2.32. The summed E-state index contributed by atoms with van der Waals surface area (Å²) in [5.74, 6) is 0.643. The van der Waals surface area contributed by atoms with Crippen LogP contribution in [0, 0.1) is 12.8 Å². The number of aryl methyl sites for hydroxylation is 1. The molecular weight excluding hydrogens is 424 g/mol. The van der Waals surface area contributed by atoms with Gasteiger partial charge in [0.25, 0.3) is 5.91 Å². The summed E-state index contributed by atoms with van der Waals surface area (Å²) in [5, 5.41) is 8.14. The number of aromatic nitrogens is 4. The third-order valence-electron chi connectivity index (χ3n) is 6.63. The van der Waals surface area contributed by atoms with Crippen LogP contribution in [0.15, 0.2) is 67.3 Å². The van der Waals surface area contributed by atoms with Gasteiger partial charge in [-0.3, -0.25) is 9.78 Å². The van der Waals surface area contributed by atoms with Gasteiger partial charge in [0.05, 0.1) is 5.69 Å². The summed E-state index contributed by atoms with van der Waals surface area (Å²) in [6.45, 7) is 4.32. The average Bonchev–Trinajstić information content (AvgIpc) is 3.21. The monoisotopic (exact) mass is 454 g/mol. The van der Waals surface area contributed by atoms with Crippen LogP contribution in [0.25, 0.3) is 5.65 Å². The molecule has 4 aromatic rings. The van der Waals surface area contributed by atoms with Crippen LogP contribution < -0.4 is 5.32 Å². The van der Waals surface area contributed by atoms with Gasteiger partial charge in [-0.15, -0.1) is 0 Å². The number of rotatable bonds is 6. The summed E-state index contributed by atoms with van der Waals surface area (Å²) in [6.07, 6.45) is 11.3.